The van der Waals surface area contributed by atoms with Gasteiger partial charge in [0.2, 0.25) is 5.91 Å². The lowest BCUT2D eigenvalue weighted by molar-refractivity contribution is -0.175. The molecule has 1 atom stereocenters. The SMILES string of the molecule is CC1(O)CCOC2(CCN(C(=O)Cc3ccc(F)cc3F)CC2)C1. The highest BCUT2D eigenvalue weighted by Crippen LogP contribution is 2.39. The average Bonchev–Trinajstić information content (AvgIpc) is 2.49. The van der Waals surface area contributed by atoms with Crippen LogP contribution in [0.25, 0.3) is 0 Å². The topological polar surface area (TPSA) is 49.8 Å². The molecule has 0 aromatic heterocycles. The van der Waals surface area contributed by atoms with Crippen LogP contribution in [-0.2, 0) is 16.0 Å². The van der Waals surface area contributed by atoms with Crippen LogP contribution in [-0.4, -0.2) is 46.8 Å². The number of nitrogens with zero attached hydrogens (tertiary/aromatic N) is 1. The van der Waals surface area contributed by atoms with Gasteiger partial charge in [-0.15, -0.1) is 0 Å². The van der Waals surface area contributed by atoms with E-state index in [1.807, 2.05) is 6.92 Å². The second-order valence-corrected chi connectivity index (χ2v) is 7.25. The van der Waals surface area contributed by atoms with Crippen LogP contribution in [0.3, 0.4) is 0 Å². The van der Waals surface area contributed by atoms with Gasteiger partial charge in [-0.1, -0.05) is 6.07 Å². The summed E-state index contributed by atoms with van der Waals surface area (Å²) >= 11 is 0. The van der Waals surface area contributed by atoms with Crippen LogP contribution in [0, 0.1) is 11.6 Å². The number of amides is 1. The Hall–Kier alpha value is -1.53. The molecule has 0 radical (unpaired) electrons. The zero-order chi connectivity index (χ0) is 17.4. The maximum absolute atomic E-state index is 13.7. The maximum atomic E-state index is 13.7. The average molecular weight is 339 g/mol. The summed E-state index contributed by atoms with van der Waals surface area (Å²) in [5, 5.41) is 10.3. The fraction of sp³-hybridized carbons (Fsp3) is 0.611. The van der Waals surface area contributed by atoms with Gasteiger partial charge in [0.25, 0.3) is 0 Å². The maximum Gasteiger partial charge on any atom is 0.227 e. The molecule has 2 aliphatic rings. The first-order chi connectivity index (χ1) is 11.3. The first-order valence-corrected chi connectivity index (χ1v) is 8.37. The minimum atomic E-state index is -0.721. The van der Waals surface area contributed by atoms with Crippen LogP contribution in [0.5, 0.6) is 0 Å². The molecule has 1 spiro atoms. The molecule has 2 fully saturated rings. The number of carbonyl (C=O) groups excluding carboxylic acids is 1. The second-order valence-electron chi connectivity index (χ2n) is 7.25. The van der Waals surface area contributed by atoms with Gasteiger partial charge in [0.1, 0.15) is 11.6 Å². The highest BCUT2D eigenvalue weighted by molar-refractivity contribution is 5.79. The minimum absolute atomic E-state index is 0.0717. The molecule has 2 saturated heterocycles. The molecule has 6 heteroatoms. The number of hydrogen-bond acceptors (Lipinski definition) is 3. The van der Waals surface area contributed by atoms with Crippen molar-refractivity contribution in [2.24, 2.45) is 0 Å². The van der Waals surface area contributed by atoms with Crippen molar-refractivity contribution in [1.29, 1.82) is 0 Å². The van der Waals surface area contributed by atoms with Crippen molar-refractivity contribution in [3.05, 3.63) is 35.4 Å². The molecule has 132 valence electrons. The summed E-state index contributed by atoms with van der Waals surface area (Å²) in [6, 6.07) is 3.27. The third-order valence-corrected chi connectivity index (χ3v) is 5.14. The van der Waals surface area contributed by atoms with E-state index in [9.17, 15) is 18.7 Å². The number of benzene rings is 1. The van der Waals surface area contributed by atoms with Crippen molar-refractivity contribution in [2.75, 3.05) is 19.7 Å². The van der Waals surface area contributed by atoms with Crippen LogP contribution in [0.2, 0.25) is 0 Å². The van der Waals surface area contributed by atoms with E-state index in [2.05, 4.69) is 0 Å². The molecule has 2 heterocycles. The van der Waals surface area contributed by atoms with Crippen molar-refractivity contribution in [1.82, 2.24) is 4.90 Å². The third kappa shape index (κ3) is 3.75. The van der Waals surface area contributed by atoms with Gasteiger partial charge in [-0.3, -0.25) is 4.79 Å². The largest absolute Gasteiger partial charge is 0.390 e. The van der Waals surface area contributed by atoms with E-state index in [1.54, 1.807) is 4.90 Å². The van der Waals surface area contributed by atoms with E-state index in [1.165, 1.54) is 6.07 Å². The van der Waals surface area contributed by atoms with Crippen molar-refractivity contribution in [3.8, 4) is 0 Å². The summed E-state index contributed by atoms with van der Waals surface area (Å²) in [5.74, 6) is -1.51. The zero-order valence-corrected chi connectivity index (χ0v) is 13.9. The number of likely N-dealkylation sites (tertiary alicyclic amines) is 1. The van der Waals surface area contributed by atoms with Gasteiger partial charge < -0.3 is 14.7 Å². The molecule has 1 amide bonds. The lowest BCUT2D eigenvalue weighted by Gasteiger charge is -2.48. The highest BCUT2D eigenvalue weighted by Gasteiger charge is 2.44. The summed E-state index contributed by atoms with van der Waals surface area (Å²) in [6.45, 7) is 3.41. The smallest absolute Gasteiger partial charge is 0.227 e. The fourth-order valence-corrected chi connectivity index (χ4v) is 3.75. The number of aliphatic hydroxyl groups is 1. The summed E-state index contributed by atoms with van der Waals surface area (Å²) < 4.78 is 32.5. The molecule has 1 aromatic rings. The summed E-state index contributed by atoms with van der Waals surface area (Å²) in [7, 11) is 0. The van der Waals surface area contributed by atoms with E-state index in [4.69, 9.17) is 4.74 Å². The van der Waals surface area contributed by atoms with Crippen molar-refractivity contribution in [2.45, 2.75) is 50.2 Å². The Morgan fingerprint density at radius 2 is 2.00 bits per heavy atom. The quantitative estimate of drug-likeness (QED) is 0.900. The number of rotatable bonds is 2. The van der Waals surface area contributed by atoms with E-state index in [0.29, 0.717) is 45.4 Å². The molecule has 2 aliphatic heterocycles. The second kappa shape index (κ2) is 6.41. The predicted octanol–water partition coefficient (Wildman–Crippen LogP) is 2.43. The van der Waals surface area contributed by atoms with Gasteiger partial charge in [0.15, 0.2) is 0 Å². The highest BCUT2D eigenvalue weighted by atomic mass is 19.1. The summed E-state index contributed by atoms with van der Waals surface area (Å²) in [4.78, 5) is 14.1. The lowest BCUT2D eigenvalue weighted by Crippen LogP contribution is -2.54. The number of piperidine rings is 1. The first kappa shape index (κ1) is 17.3. The van der Waals surface area contributed by atoms with E-state index < -0.39 is 17.2 Å². The Bertz CT molecular complexity index is 625. The molecule has 1 unspecified atom stereocenters. The molecule has 24 heavy (non-hydrogen) atoms. The van der Waals surface area contributed by atoms with E-state index in [0.717, 1.165) is 12.1 Å². The number of ether oxygens (including phenoxy) is 1. The predicted molar refractivity (Wildman–Crippen MR) is 84.4 cm³/mol. The number of hydrogen-bond donors (Lipinski definition) is 1. The molecule has 4 nitrogen and oxygen atoms in total. The van der Waals surface area contributed by atoms with Crippen LogP contribution in [0.4, 0.5) is 8.78 Å². The molecule has 3 rings (SSSR count). The molecular formula is C18H23F2NO3. The van der Waals surface area contributed by atoms with Gasteiger partial charge in [-0.05, 0) is 37.8 Å². The monoisotopic (exact) mass is 339 g/mol. The summed E-state index contributed by atoms with van der Waals surface area (Å²) in [6.07, 6.45) is 2.47. The van der Waals surface area contributed by atoms with Gasteiger partial charge in [0.05, 0.1) is 24.2 Å². The normalized spacial score (nSPS) is 26.6. The molecule has 0 aliphatic carbocycles. The van der Waals surface area contributed by atoms with Gasteiger partial charge in [0, 0.05) is 25.6 Å². The molecule has 1 N–H and O–H groups in total. The fourth-order valence-electron chi connectivity index (χ4n) is 3.75. The Morgan fingerprint density at radius 3 is 2.62 bits per heavy atom. The standard InChI is InChI=1S/C18H23F2NO3/c1-17(23)6-9-24-18(12-17)4-7-21(8-5-18)16(22)10-13-2-3-14(19)11-15(13)20/h2-3,11,23H,4-10,12H2,1H3. The molecule has 1 aromatic carbocycles. The lowest BCUT2D eigenvalue weighted by atomic mass is 9.78. The van der Waals surface area contributed by atoms with Crippen LogP contribution in [0.15, 0.2) is 18.2 Å². The van der Waals surface area contributed by atoms with Crippen LogP contribution < -0.4 is 0 Å². The van der Waals surface area contributed by atoms with Gasteiger partial charge in [-0.25, -0.2) is 8.78 Å². The van der Waals surface area contributed by atoms with Crippen LogP contribution in [0.1, 0.15) is 38.2 Å². The number of halogens is 2. The van der Waals surface area contributed by atoms with E-state index in [-0.39, 0.29) is 23.5 Å². The molecule has 0 bridgehead atoms. The van der Waals surface area contributed by atoms with E-state index >= 15 is 0 Å². The number of carbonyl (C=O) groups is 1. The van der Waals surface area contributed by atoms with Crippen molar-refractivity contribution in [3.63, 3.8) is 0 Å². The Labute approximate surface area is 140 Å². The Morgan fingerprint density at radius 1 is 1.29 bits per heavy atom. The Kier molecular flexibility index (Phi) is 4.62. The summed E-state index contributed by atoms with van der Waals surface area (Å²) in [5.41, 5.74) is -0.875. The van der Waals surface area contributed by atoms with Gasteiger partial charge >= 0.3 is 0 Å². The van der Waals surface area contributed by atoms with Crippen LogP contribution >= 0.6 is 0 Å². The van der Waals surface area contributed by atoms with Gasteiger partial charge in [-0.2, -0.15) is 0 Å². The molecule has 0 saturated carbocycles. The third-order valence-electron chi connectivity index (χ3n) is 5.14. The zero-order valence-electron chi connectivity index (χ0n) is 13.9. The minimum Gasteiger partial charge on any atom is -0.390 e. The molecular weight excluding hydrogens is 316 g/mol. The van der Waals surface area contributed by atoms with Crippen molar-refractivity contribution < 1.29 is 23.4 Å². The first-order valence-electron chi connectivity index (χ1n) is 8.37. The Balaban J connectivity index is 1.59. The van der Waals surface area contributed by atoms with Crippen molar-refractivity contribution >= 4 is 5.91 Å².